The van der Waals surface area contributed by atoms with Gasteiger partial charge in [0.1, 0.15) is 10.8 Å². The number of carbonyl (C=O) groups excluding carboxylic acids is 3. The number of esters is 1. The summed E-state index contributed by atoms with van der Waals surface area (Å²) in [5, 5.41) is 7.56. The first-order valence-electron chi connectivity index (χ1n) is 9.74. The minimum absolute atomic E-state index is 0.0477. The zero-order valence-electron chi connectivity index (χ0n) is 17.7. The number of anilines is 1. The molecule has 0 aliphatic rings. The van der Waals surface area contributed by atoms with Crippen LogP contribution in [0.15, 0.2) is 34.9 Å². The Kier molecular flexibility index (Phi) is 8.11. The van der Waals surface area contributed by atoms with Crippen LogP contribution in [-0.2, 0) is 11.5 Å². The lowest BCUT2D eigenvalue weighted by molar-refractivity contribution is 0.0506. The van der Waals surface area contributed by atoms with Crippen LogP contribution in [0.4, 0.5) is 5.00 Å². The molecule has 0 aliphatic heterocycles. The molecule has 0 saturated heterocycles. The maximum atomic E-state index is 12.8. The summed E-state index contributed by atoms with van der Waals surface area (Å²) in [5.74, 6) is -1.34. The topological polar surface area (TPSA) is 126 Å². The highest BCUT2D eigenvalue weighted by Crippen LogP contribution is 2.34. The molecule has 33 heavy (non-hydrogen) atoms. The molecule has 3 aromatic rings. The molecule has 2 amide bonds. The van der Waals surface area contributed by atoms with Crippen LogP contribution in [0.5, 0.6) is 5.75 Å². The first-order valence-corrected chi connectivity index (χ1v) is 11.7. The van der Waals surface area contributed by atoms with Crippen molar-refractivity contribution in [3.8, 4) is 5.75 Å². The monoisotopic (exact) mass is 554 g/mol. The van der Waals surface area contributed by atoms with Gasteiger partial charge in [0.15, 0.2) is 12.4 Å². The Morgan fingerprint density at radius 3 is 2.73 bits per heavy atom. The summed E-state index contributed by atoms with van der Waals surface area (Å²) in [7, 11) is 0. The van der Waals surface area contributed by atoms with Crippen molar-refractivity contribution in [2.24, 2.45) is 5.73 Å². The average molecular weight is 556 g/mol. The standard InChI is InChI=1S/C21H20BrClN4O5S/c1-3-8-31-21(30)16-11(2)17(18(24)28)33-20(16)25-19(29)14-6-7-27(26-14)10-32-15-5-4-12(23)9-13(15)22/h4-7,9H,3,8,10H2,1-2H3,(H2,24,28)(H,25,29). The van der Waals surface area contributed by atoms with Crippen molar-refractivity contribution in [1.82, 2.24) is 9.78 Å². The van der Waals surface area contributed by atoms with Crippen LogP contribution in [0.1, 0.15) is 49.4 Å². The Bertz CT molecular complexity index is 1210. The van der Waals surface area contributed by atoms with Gasteiger partial charge in [0.05, 0.1) is 21.5 Å². The number of thiophene rings is 1. The number of nitrogens with one attached hydrogen (secondary N) is 1. The van der Waals surface area contributed by atoms with Gasteiger partial charge in [0.25, 0.3) is 11.8 Å². The normalized spacial score (nSPS) is 10.7. The summed E-state index contributed by atoms with van der Waals surface area (Å²) < 4.78 is 13.0. The van der Waals surface area contributed by atoms with E-state index in [1.807, 2.05) is 6.92 Å². The van der Waals surface area contributed by atoms with Gasteiger partial charge in [-0.3, -0.25) is 9.59 Å². The third-order valence-corrected chi connectivity index (χ3v) is 6.44. The molecule has 0 bridgehead atoms. The minimum atomic E-state index is -0.697. The number of nitrogens with two attached hydrogens (primary N) is 1. The Morgan fingerprint density at radius 1 is 1.30 bits per heavy atom. The fourth-order valence-electron chi connectivity index (χ4n) is 2.80. The molecular weight excluding hydrogens is 536 g/mol. The molecular formula is C21H20BrClN4O5S. The number of aromatic nitrogens is 2. The van der Waals surface area contributed by atoms with E-state index >= 15 is 0 Å². The maximum Gasteiger partial charge on any atom is 0.341 e. The largest absolute Gasteiger partial charge is 0.470 e. The molecule has 3 rings (SSSR count). The number of nitrogens with zero attached hydrogens (tertiary/aromatic N) is 2. The number of hydrogen-bond acceptors (Lipinski definition) is 7. The van der Waals surface area contributed by atoms with Crippen LogP contribution < -0.4 is 15.8 Å². The molecule has 12 heteroatoms. The van der Waals surface area contributed by atoms with E-state index in [4.69, 9.17) is 26.8 Å². The van der Waals surface area contributed by atoms with Gasteiger partial charge in [0.2, 0.25) is 0 Å². The number of amides is 2. The van der Waals surface area contributed by atoms with E-state index in [1.165, 1.54) is 10.7 Å². The predicted octanol–water partition coefficient (Wildman–Crippen LogP) is 4.62. The third-order valence-electron chi connectivity index (χ3n) is 4.36. The molecule has 0 atom stereocenters. The molecule has 2 aromatic heterocycles. The third kappa shape index (κ3) is 5.92. The van der Waals surface area contributed by atoms with Crippen LogP contribution >= 0.6 is 38.9 Å². The second kappa shape index (κ2) is 10.8. The summed E-state index contributed by atoms with van der Waals surface area (Å²) in [6.07, 6.45) is 2.20. The van der Waals surface area contributed by atoms with Crippen molar-refractivity contribution < 1.29 is 23.9 Å². The molecule has 2 heterocycles. The van der Waals surface area contributed by atoms with Gasteiger partial charge in [-0.05, 0) is 59.1 Å². The van der Waals surface area contributed by atoms with Gasteiger partial charge in [-0.15, -0.1) is 11.3 Å². The van der Waals surface area contributed by atoms with Crippen LogP contribution in [0.3, 0.4) is 0 Å². The van der Waals surface area contributed by atoms with Crippen molar-refractivity contribution in [2.45, 2.75) is 27.0 Å². The quantitative estimate of drug-likeness (QED) is 0.371. The second-order valence-corrected chi connectivity index (χ2v) is 9.11. The van der Waals surface area contributed by atoms with Crippen LogP contribution in [0.2, 0.25) is 5.02 Å². The molecule has 174 valence electrons. The van der Waals surface area contributed by atoms with Gasteiger partial charge < -0.3 is 20.5 Å². The minimum Gasteiger partial charge on any atom is -0.470 e. The summed E-state index contributed by atoms with van der Waals surface area (Å²) in [4.78, 5) is 37.2. The fourth-order valence-corrected chi connectivity index (χ4v) is 4.64. The lowest BCUT2D eigenvalue weighted by Gasteiger charge is -2.08. The van der Waals surface area contributed by atoms with E-state index < -0.39 is 17.8 Å². The van der Waals surface area contributed by atoms with Crippen LogP contribution in [0, 0.1) is 6.92 Å². The number of primary amides is 1. The van der Waals surface area contributed by atoms with Crippen LogP contribution in [0.25, 0.3) is 0 Å². The van der Waals surface area contributed by atoms with Crippen molar-refractivity contribution in [3.05, 3.63) is 61.7 Å². The van der Waals surface area contributed by atoms with E-state index in [0.717, 1.165) is 11.3 Å². The van der Waals surface area contributed by atoms with Gasteiger partial charge in [-0.1, -0.05) is 18.5 Å². The molecule has 0 aliphatic carbocycles. The number of halogens is 2. The molecule has 0 saturated carbocycles. The Hall–Kier alpha value is -2.89. The first kappa shape index (κ1) is 24.7. The smallest absolute Gasteiger partial charge is 0.341 e. The van der Waals surface area contributed by atoms with E-state index in [9.17, 15) is 14.4 Å². The van der Waals surface area contributed by atoms with Crippen molar-refractivity contribution in [3.63, 3.8) is 0 Å². The summed E-state index contributed by atoms with van der Waals surface area (Å²) in [6, 6.07) is 6.60. The highest BCUT2D eigenvalue weighted by atomic mass is 79.9. The van der Waals surface area contributed by atoms with E-state index in [2.05, 4.69) is 26.3 Å². The zero-order valence-corrected chi connectivity index (χ0v) is 20.8. The number of rotatable bonds is 9. The summed E-state index contributed by atoms with van der Waals surface area (Å²) in [6.45, 7) is 3.69. The molecule has 1 aromatic carbocycles. The molecule has 0 fully saturated rings. The molecule has 0 radical (unpaired) electrons. The maximum absolute atomic E-state index is 12.8. The van der Waals surface area contributed by atoms with E-state index in [-0.39, 0.29) is 34.5 Å². The molecule has 0 unspecified atom stereocenters. The lowest BCUT2D eigenvalue weighted by atomic mass is 10.1. The number of benzene rings is 1. The summed E-state index contributed by atoms with van der Waals surface area (Å²) >= 11 is 10.2. The SMILES string of the molecule is CCCOC(=O)c1c(NC(=O)c2ccn(COc3ccc(Cl)cc3Br)n2)sc(C(N)=O)c1C. The van der Waals surface area contributed by atoms with Gasteiger partial charge in [0, 0.05) is 11.2 Å². The lowest BCUT2D eigenvalue weighted by Crippen LogP contribution is -2.16. The highest BCUT2D eigenvalue weighted by Gasteiger charge is 2.26. The van der Waals surface area contributed by atoms with Crippen molar-refractivity contribution in [1.29, 1.82) is 0 Å². The first-order chi connectivity index (χ1) is 15.7. The number of carbonyl (C=O) groups is 3. The highest BCUT2D eigenvalue weighted by molar-refractivity contribution is 9.10. The zero-order chi connectivity index (χ0) is 24.1. The van der Waals surface area contributed by atoms with Crippen LogP contribution in [-0.4, -0.2) is 34.2 Å². The Labute approximate surface area is 206 Å². The summed E-state index contributed by atoms with van der Waals surface area (Å²) in [5.41, 5.74) is 5.96. The molecule has 0 spiro atoms. The van der Waals surface area contributed by atoms with E-state index in [1.54, 1.807) is 31.3 Å². The van der Waals surface area contributed by atoms with Crippen molar-refractivity contribution >= 4 is 61.7 Å². The predicted molar refractivity (Wildman–Crippen MR) is 128 cm³/mol. The second-order valence-electron chi connectivity index (χ2n) is 6.80. The fraction of sp³-hybridized carbons (Fsp3) is 0.238. The van der Waals surface area contributed by atoms with Gasteiger partial charge in [-0.2, -0.15) is 5.10 Å². The number of hydrogen-bond donors (Lipinski definition) is 2. The Morgan fingerprint density at radius 2 is 2.06 bits per heavy atom. The average Bonchev–Trinajstić information content (AvgIpc) is 3.36. The van der Waals surface area contributed by atoms with Crippen molar-refractivity contribution in [2.75, 3.05) is 11.9 Å². The van der Waals surface area contributed by atoms with E-state index in [0.29, 0.717) is 27.2 Å². The number of ether oxygens (including phenoxy) is 2. The molecule has 9 nitrogen and oxygen atoms in total. The molecule has 3 N–H and O–H groups in total. The van der Waals surface area contributed by atoms with Gasteiger partial charge in [-0.25, -0.2) is 9.48 Å². The Balaban J connectivity index is 1.75. The van der Waals surface area contributed by atoms with Gasteiger partial charge >= 0.3 is 5.97 Å².